The van der Waals surface area contributed by atoms with Crippen LogP contribution < -0.4 is 15.5 Å². The highest BCUT2D eigenvalue weighted by molar-refractivity contribution is 6.32. The second-order valence-electron chi connectivity index (χ2n) is 4.75. The lowest BCUT2D eigenvalue weighted by Gasteiger charge is -2.12. The third-order valence-electron chi connectivity index (χ3n) is 3.07. The lowest BCUT2D eigenvalue weighted by Crippen LogP contribution is -2.26. The molecule has 0 aliphatic carbocycles. The van der Waals surface area contributed by atoms with E-state index >= 15 is 0 Å². The van der Waals surface area contributed by atoms with Crippen molar-refractivity contribution in [1.29, 1.82) is 0 Å². The van der Waals surface area contributed by atoms with Gasteiger partial charge in [-0.25, -0.2) is 0 Å². The van der Waals surface area contributed by atoms with Crippen molar-refractivity contribution in [3.63, 3.8) is 0 Å². The summed E-state index contributed by atoms with van der Waals surface area (Å²) < 4.78 is 0. The number of rotatable bonds is 5. The van der Waals surface area contributed by atoms with Crippen molar-refractivity contribution >= 4 is 40.8 Å². The Hall–Kier alpha value is -3.46. The Labute approximate surface area is 144 Å². The number of anilines is 1. The average molecular weight is 363 g/mol. The van der Waals surface area contributed by atoms with E-state index in [9.17, 15) is 34.7 Å². The Morgan fingerprint density at radius 1 is 0.920 bits per heavy atom. The van der Waals surface area contributed by atoms with Gasteiger partial charge in [-0.05, 0) is 41.5 Å². The van der Waals surface area contributed by atoms with E-state index < -0.39 is 39.6 Å². The van der Waals surface area contributed by atoms with Crippen molar-refractivity contribution < 1.29 is 29.5 Å². The second-order valence-corrected chi connectivity index (χ2v) is 5.16. The molecule has 0 saturated carbocycles. The lowest BCUT2D eigenvalue weighted by atomic mass is 10.1. The lowest BCUT2D eigenvalue weighted by molar-refractivity contribution is -0.384. The molecule has 1 amide bonds. The summed E-state index contributed by atoms with van der Waals surface area (Å²) in [7, 11) is 0. The number of nitrogens with one attached hydrogen (secondary N) is 1. The SMILES string of the molecule is O=C([O-])c1cc(NC(=O)c2ccc(Cl)c([N+](=O)[O-])c2)cc(C(=O)[O-])c1. The van der Waals surface area contributed by atoms with Gasteiger partial charge in [-0.1, -0.05) is 11.6 Å². The van der Waals surface area contributed by atoms with E-state index in [4.69, 9.17) is 11.6 Å². The highest BCUT2D eigenvalue weighted by Crippen LogP contribution is 2.25. The molecular formula is C15H7ClN2O7-2. The fourth-order valence-electron chi connectivity index (χ4n) is 1.93. The number of carbonyl (C=O) groups is 3. The molecule has 9 nitrogen and oxygen atoms in total. The molecule has 0 spiro atoms. The van der Waals surface area contributed by atoms with Crippen LogP contribution in [0.4, 0.5) is 11.4 Å². The number of carboxylic acid groups (broad SMARTS) is 2. The van der Waals surface area contributed by atoms with Crippen LogP contribution in [0.5, 0.6) is 0 Å². The minimum absolute atomic E-state index is 0.134. The summed E-state index contributed by atoms with van der Waals surface area (Å²) in [5.41, 5.74) is -1.76. The average Bonchev–Trinajstić information content (AvgIpc) is 2.54. The van der Waals surface area contributed by atoms with Gasteiger partial charge in [0.1, 0.15) is 5.02 Å². The maximum absolute atomic E-state index is 12.2. The molecule has 1 N–H and O–H groups in total. The molecule has 0 unspecified atom stereocenters. The zero-order chi connectivity index (χ0) is 18.7. The number of hydrogen-bond acceptors (Lipinski definition) is 7. The molecule has 0 radical (unpaired) electrons. The summed E-state index contributed by atoms with van der Waals surface area (Å²) in [5, 5.41) is 34.7. The summed E-state index contributed by atoms with van der Waals surface area (Å²) in [6.07, 6.45) is 0. The number of aromatic carboxylic acids is 2. The number of halogens is 1. The van der Waals surface area contributed by atoms with Crippen LogP contribution in [0.25, 0.3) is 0 Å². The first kappa shape index (κ1) is 17.9. The van der Waals surface area contributed by atoms with Crippen LogP contribution in [0, 0.1) is 10.1 Å². The molecule has 0 saturated heterocycles. The standard InChI is InChI=1S/C15H9ClN2O7/c16-11-2-1-7(6-12(11)18(24)25)13(19)17-10-4-8(14(20)21)3-9(5-10)15(22)23/h1-6H,(H,17,19)(H,20,21)(H,22,23)/p-2. The van der Waals surface area contributed by atoms with Crippen molar-refractivity contribution in [3.05, 3.63) is 68.2 Å². The normalized spacial score (nSPS) is 10.1. The maximum atomic E-state index is 12.2. The van der Waals surface area contributed by atoms with Crippen molar-refractivity contribution in [3.8, 4) is 0 Å². The number of nitro benzene ring substituents is 1. The molecule has 0 aliphatic rings. The number of benzene rings is 2. The molecule has 128 valence electrons. The molecule has 10 heteroatoms. The summed E-state index contributed by atoms with van der Waals surface area (Å²) in [4.78, 5) is 44.1. The summed E-state index contributed by atoms with van der Waals surface area (Å²) >= 11 is 5.65. The van der Waals surface area contributed by atoms with E-state index in [1.54, 1.807) is 0 Å². The number of nitro groups is 1. The van der Waals surface area contributed by atoms with Crippen molar-refractivity contribution in [2.45, 2.75) is 0 Å². The van der Waals surface area contributed by atoms with Crippen molar-refractivity contribution in [2.75, 3.05) is 5.32 Å². The van der Waals surface area contributed by atoms with Crippen LogP contribution in [0.1, 0.15) is 31.1 Å². The number of amides is 1. The van der Waals surface area contributed by atoms with Gasteiger partial charge in [-0.15, -0.1) is 0 Å². The largest absolute Gasteiger partial charge is 0.545 e. The van der Waals surface area contributed by atoms with E-state index in [0.717, 1.165) is 30.3 Å². The van der Waals surface area contributed by atoms with Crippen LogP contribution in [-0.4, -0.2) is 22.8 Å². The van der Waals surface area contributed by atoms with E-state index in [1.165, 1.54) is 6.07 Å². The van der Waals surface area contributed by atoms with Gasteiger partial charge in [0, 0.05) is 17.3 Å². The highest BCUT2D eigenvalue weighted by atomic mass is 35.5. The molecule has 0 bridgehead atoms. The second kappa shape index (κ2) is 6.97. The van der Waals surface area contributed by atoms with Gasteiger partial charge in [0.05, 0.1) is 16.9 Å². The molecule has 25 heavy (non-hydrogen) atoms. The molecule has 0 heterocycles. The van der Waals surface area contributed by atoms with Crippen molar-refractivity contribution in [2.24, 2.45) is 0 Å². The van der Waals surface area contributed by atoms with Gasteiger partial charge >= 0.3 is 0 Å². The van der Waals surface area contributed by atoms with Gasteiger partial charge in [-0.2, -0.15) is 0 Å². The predicted molar refractivity (Wildman–Crippen MR) is 81.2 cm³/mol. The maximum Gasteiger partial charge on any atom is 0.288 e. The summed E-state index contributed by atoms with van der Waals surface area (Å²) in [6.45, 7) is 0. The van der Waals surface area contributed by atoms with E-state index in [2.05, 4.69) is 5.32 Å². The van der Waals surface area contributed by atoms with Gasteiger partial charge < -0.3 is 25.1 Å². The zero-order valence-electron chi connectivity index (χ0n) is 12.1. The van der Waals surface area contributed by atoms with Crippen molar-refractivity contribution in [1.82, 2.24) is 0 Å². The number of nitrogens with zero attached hydrogens (tertiary/aromatic N) is 1. The first-order valence-corrected chi connectivity index (χ1v) is 6.90. The molecule has 0 aliphatic heterocycles. The van der Waals surface area contributed by atoms with Gasteiger partial charge in [0.25, 0.3) is 11.6 Å². The molecule has 0 atom stereocenters. The summed E-state index contributed by atoms with van der Waals surface area (Å²) in [6, 6.07) is 6.06. The van der Waals surface area contributed by atoms with Crippen LogP contribution in [0.15, 0.2) is 36.4 Å². The predicted octanol–water partition coefficient (Wildman–Crippen LogP) is 0.227. The fraction of sp³-hybridized carbons (Fsp3) is 0. The topological polar surface area (TPSA) is 152 Å². The van der Waals surface area contributed by atoms with E-state index in [1.807, 2.05) is 0 Å². The van der Waals surface area contributed by atoms with Crippen LogP contribution in [0.2, 0.25) is 5.02 Å². The monoisotopic (exact) mass is 362 g/mol. The van der Waals surface area contributed by atoms with E-state index in [0.29, 0.717) is 0 Å². The van der Waals surface area contributed by atoms with Gasteiger partial charge in [0.2, 0.25) is 0 Å². The Morgan fingerprint density at radius 3 is 1.96 bits per heavy atom. The number of carboxylic acids is 2. The molecular weight excluding hydrogens is 356 g/mol. The Balaban J connectivity index is 2.37. The van der Waals surface area contributed by atoms with Crippen LogP contribution in [-0.2, 0) is 0 Å². The van der Waals surface area contributed by atoms with Gasteiger partial charge in [0.15, 0.2) is 0 Å². The molecule has 2 aromatic rings. The summed E-state index contributed by atoms with van der Waals surface area (Å²) in [5.74, 6) is -4.14. The third kappa shape index (κ3) is 4.09. The quantitative estimate of drug-likeness (QED) is 0.589. The van der Waals surface area contributed by atoms with Crippen LogP contribution >= 0.6 is 11.6 Å². The first-order valence-electron chi connectivity index (χ1n) is 6.52. The minimum Gasteiger partial charge on any atom is -0.545 e. The number of carbonyl (C=O) groups excluding carboxylic acids is 3. The molecule has 0 aromatic heterocycles. The van der Waals surface area contributed by atoms with Crippen LogP contribution in [0.3, 0.4) is 0 Å². The first-order chi connectivity index (χ1) is 11.7. The Kier molecular flexibility index (Phi) is 4.99. The zero-order valence-corrected chi connectivity index (χ0v) is 12.9. The minimum atomic E-state index is -1.65. The van der Waals surface area contributed by atoms with Gasteiger partial charge in [-0.3, -0.25) is 14.9 Å². The Morgan fingerprint density at radius 2 is 1.48 bits per heavy atom. The fourth-order valence-corrected chi connectivity index (χ4v) is 2.12. The molecule has 2 rings (SSSR count). The molecule has 0 fully saturated rings. The van der Waals surface area contributed by atoms with E-state index in [-0.39, 0.29) is 16.3 Å². The Bertz CT molecular complexity index is 878. The third-order valence-corrected chi connectivity index (χ3v) is 3.39. The smallest absolute Gasteiger partial charge is 0.288 e. The number of hydrogen-bond donors (Lipinski definition) is 1. The highest BCUT2D eigenvalue weighted by Gasteiger charge is 2.16. The molecule has 2 aromatic carbocycles.